The Morgan fingerprint density at radius 3 is 2.74 bits per heavy atom. The van der Waals surface area contributed by atoms with Gasteiger partial charge in [0.25, 0.3) is 5.91 Å². The molecular weight excluding hydrogens is 322 g/mol. The van der Waals surface area contributed by atoms with E-state index in [0.717, 1.165) is 0 Å². The number of halogens is 1. The molecule has 4 amide bonds. The van der Waals surface area contributed by atoms with Crippen molar-refractivity contribution >= 4 is 40.9 Å². The number of anilines is 1. The number of hydrogen-bond acceptors (Lipinski definition) is 4. The minimum atomic E-state index is -0.687. The van der Waals surface area contributed by atoms with Gasteiger partial charge in [0.2, 0.25) is 17.7 Å². The zero-order chi connectivity index (χ0) is 16.7. The second kappa shape index (κ2) is 5.66. The van der Waals surface area contributed by atoms with Crippen LogP contribution in [0.2, 0.25) is 5.02 Å². The lowest BCUT2D eigenvalue weighted by atomic mass is 10.0. The maximum absolute atomic E-state index is 12.6. The molecular formula is C15H14ClN3O4. The van der Waals surface area contributed by atoms with E-state index in [1.165, 1.54) is 17.9 Å². The van der Waals surface area contributed by atoms with E-state index in [-0.39, 0.29) is 35.7 Å². The van der Waals surface area contributed by atoms with Crippen LogP contribution in [0.4, 0.5) is 5.69 Å². The molecule has 3 rings (SSSR count). The summed E-state index contributed by atoms with van der Waals surface area (Å²) < 4.78 is 0. The summed E-state index contributed by atoms with van der Waals surface area (Å²) in [6, 6.07) is 2.49. The van der Waals surface area contributed by atoms with E-state index >= 15 is 0 Å². The van der Waals surface area contributed by atoms with Gasteiger partial charge in [0.1, 0.15) is 6.04 Å². The molecule has 1 fully saturated rings. The third-order valence-corrected chi connectivity index (χ3v) is 4.19. The summed E-state index contributed by atoms with van der Waals surface area (Å²) in [5, 5.41) is 5.09. The van der Waals surface area contributed by atoms with E-state index in [9.17, 15) is 19.2 Å². The molecule has 0 aromatic heterocycles. The van der Waals surface area contributed by atoms with Crippen LogP contribution in [0.1, 0.15) is 35.7 Å². The van der Waals surface area contributed by atoms with Crippen LogP contribution in [0.15, 0.2) is 12.1 Å². The maximum Gasteiger partial charge on any atom is 0.256 e. The molecule has 2 aliphatic rings. The van der Waals surface area contributed by atoms with E-state index in [1.54, 1.807) is 6.07 Å². The summed E-state index contributed by atoms with van der Waals surface area (Å²) in [4.78, 5) is 48.3. The molecule has 1 atom stereocenters. The molecule has 0 aliphatic carbocycles. The van der Waals surface area contributed by atoms with E-state index in [2.05, 4.69) is 10.6 Å². The van der Waals surface area contributed by atoms with Crippen molar-refractivity contribution < 1.29 is 19.2 Å². The first-order valence-electron chi connectivity index (χ1n) is 7.11. The Hall–Kier alpha value is -2.41. The predicted octanol–water partition coefficient (Wildman–Crippen LogP) is 1.06. The minimum absolute atomic E-state index is 0.196. The van der Waals surface area contributed by atoms with Gasteiger partial charge in [-0.1, -0.05) is 11.6 Å². The molecule has 0 radical (unpaired) electrons. The van der Waals surface area contributed by atoms with Crippen LogP contribution in [-0.2, 0) is 20.9 Å². The smallest absolute Gasteiger partial charge is 0.256 e. The van der Waals surface area contributed by atoms with Crippen LogP contribution in [-0.4, -0.2) is 34.6 Å². The third kappa shape index (κ3) is 2.79. The van der Waals surface area contributed by atoms with Crippen molar-refractivity contribution in [3.8, 4) is 0 Å². The number of benzene rings is 1. The number of hydrogen-bond donors (Lipinski definition) is 2. The zero-order valence-electron chi connectivity index (χ0n) is 12.3. The molecule has 1 aromatic rings. The summed E-state index contributed by atoms with van der Waals surface area (Å²) in [5.74, 6) is -1.39. The highest BCUT2D eigenvalue weighted by Crippen LogP contribution is 2.34. The lowest BCUT2D eigenvalue weighted by Crippen LogP contribution is -2.52. The minimum Gasteiger partial charge on any atom is -0.326 e. The van der Waals surface area contributed by atoms with Crippen LogP contribution >= 0.6 is 11.6 Å². The molecule has 2 aliphatic heterocycles. The van der Waals surface area contributed by atoms with Gasteiger partial charge in [0.15, 0.2) is 0 Å². The molecule has 0 bridgehead atoms. The predicted molar refractivity (Wildman–Crippen MR) is 81.8 cm³/mol. The first-order valence-corrected chi connectivity index (χ1v) is 7.49. The van der Waals surface area contributed by atoms with Crippen molar-refractivity contribution in [3.05, 3.63) is 28.3 Å². The van der Waals surface area contributed by atoms with Gasteiger partial charge in [-0.2, -0.15) is 0 Å². The topological polar surface area (TPSA) is 95.6 Å². The maximum atomic E-state index is 12.6. The van der Waals surface area contributed by atoms with Gasteiger partial charge in [0, 0.05) is 25.6 Å². The van der Waals surface area contributed by atoms with Crippen molar-refractivity contribution in [3.63, 3.8) is 0 Å². The van der Waals surface area contributed by atoms with Crippen molar-refractivity contribution in [2.24, 2.45) is 0 Å². The average Bonchev–Trinajstić information content (AvgIpc) is 2.75. The number of carbonyl (C=O) groups excluding carboxylic acids is 4. The van der Waals surface area contributed by atoms with Crippen molar-refractivity contribution in [2.45, 2.75) is 32.4 Å². The summed E-state index contributed by atoms with van der Waals surface area (Å²) in [5.41, 5.74) is 1.49. The number of fused-ring (bicyclic) bond motifs is 1. The Morgan fingerprint density at radius 1 is 1.35 bits per heavy atom. The standard InChI is InChI=1S/C15H14ClN3O4/c1-7(20)17-9-4-8-6-19(15(23)13(8)10(16)5-9)11-2-3-12(21)18-14(11)22/h4-5,11H,2-3,6H2,1H3,(H,17,20)(H,18,21,22). The number of rotatable bonds is 2. The van der Waals surface area contributed by atoms with Crippen LogP contribution < -0.4 is 10.6 Å². The van der Waals surface area contributed by atoms with E-state index in [4.69, 9.17) is 11.6 Å². The summed E-state index contributed by atoms with van der Waals surface area (Å²) in [7, 11) is 0. The lowest BCUT2D eigenvalue weighted by Gasteiger charge is -2.29. The first kappa shape index (κ1) is 15.5. The fourth-order valence-corrected chi connectivity index (χ4v) is 3.25. The van der Waals surface area contributed by atoms with Crippen molar-refractivity contribution in [1.29, 1.82) is 0 Å². The van der Waals surface area contributed by atoms with Gasteiger partial charge < -0.3 is 10.2 Å². The fourth-order valence-electron chi connectivity index (χ4n) is 2.93. The molecule has 0 spiro atoms. The van der Waals surface area contributed by atoms with Crippen LogP contribution in [0, 0.1) is 0 Å². The quantitative estimate of drug-likeness (QED) is 0.790. The molecule has 7 nitrogen and oxygen atoms in total. The second-order valence-electron chi connectivity index (χ2n) is 5.57. The molecule has 2 heterocycles. The SMILES string of the molecule is CC(=O)Nc1cc(Cl)c2c(c1)CN(C1CCC(=O)NC1=O)C2=O. The number of imide groups is 1. The first-order chi connectivity index (χ1) is 10.9. The van der Waals surface area contributed by atoms with Gasteiger partial charge in [-0.15, -0.1) is 0 Å². The third-order valence-electron chi connectivity index (χ3n) is 3.89. The second-order valence-corrected chi connectivity index (χ2v) is 5.98. The summed E-state index contributed by atoms with van der Waals surface area (Å²) >= 11 is 6.16. The zero-order valence-corrected chi connectivity index (χ0v) is 13.1. The Morgan fingerprint density at radius 2 is 2.09 bits per heavy atom. The van der Waals surface area contributed by atoms with Gasteiger partial charge in [0.05, 0.1) is 10.6 Å². The molecule has 2 N–H and O–H groups in total. The Balaban J connectivity index is 1.89. The largest absolute Gasteiger partial charge is 0.326 e. The Labute approximate surface area is 137 Å². The van der Waals surface area contributed by atoms with Crippen molar-refractivity contribution in [2.75, 3.05) is 5.32 Å². The van der Waals surface area contributed by atoms with Gasteiger partial charge in [-0.3, -0.25) is 24.5 Å². The highest BCUT2D eigenvalue weighted by Gasteiger charge is 2.40. The highest BCUT2D eigenvalue weighted by atomic mass is 35.5. The van der Waals surface area contributed by atoms with Crippen LogP contribution in [0.5, 0.6) is 0 Å². The van der Waals surface area contributed by atoms with Crippen LogP contribution in [0.3, 0.4) is 0 Å². The Kier molecular flexibility index (Phi) is 3.81. The normalized spacial score (nSPS) is 20.3. The summed E-state index contributed by atoms with van der Waals surface area (Å²) in [6.45, 7) is 1.59. The molecule has 8 heteroatoms. The molecule has 120 valence electrons. The monoisotopic (exact) mass is 335 g/mol. The number of amides is 4. The van der Waals surface area contributed by atoms with Gasteiger partial charge in [-0.25, -0.2) is 0 Å². The lowest BCUT2D eigenvalue weighted by molar-refractivity contribution is -0.137. The van der Waals surface area contributed by atoms with Gasteiger partial charge >= 0.3 is 0 Å². The number of nitrogens with zero attached hydrogens (tertiary/aromatic N) is 1. The van der Waals surface area contributed by atoms with Crippen molar-refractivity contribution in [1.82, 2.24) is 10.2 Å². The molecule has 1 saturated heterocycles. The van der Waals surface area contributed by atoms with E-state index in [0.29, 0.717) is 23.2 Å². The fraction of sp³-hybridized carbons (Fsp3) is 0.333. The number of nitrogens with one attached hydrogen (secondary N) is 2. The number of carbonyl (C=O) groups is 4. The Bertz CT molecular complexity index is 746. The average molecular weight is 336 g/mol. The van der Waals surface area contributed by atoms with Gasteiger partial charge in [-0.05, 0) is 24.1 Å². The summed E-state index contributed by atoms with van der Waals surface area (Å²) in [6.07, 6.45) is 0.488. The molecule has 1 unspecified atom stereocenters. The van der Waals surface area contributed by atoms with E-state index in [1.807, 2.05) is 0 Å². The van der Waals surface area contributed by atoms with Crippen LogP contribution in [0.25, 0.3) is 0 Å². The number of piperidine rings is 1. The molecule has 0 saturated carbocycles. The highest BCUT2D eigenvalue weighted by molar-refractivity contribution is 6.34. The molecule has 1 aromatic carbocycles. The molecule has 23 heavy (non-hydrogen) atoms. The van der Waals surface area contributed by atoms with E-state index < -0.39 is 11.9 Å².